The Balaban J connectivity index is 2.58. The minimum atomic E-state index is -0.592. The summed E-state index contributed by atoms with van der Waals surface area (Å²) in [6, 6.07) is 7.60. The molecule has 0 atom stereocenters. The molecule has 0 saturated carbocycles. The van der Waals surface area contributed by atoms with Crippen molar-refractivity contribution in [3.05, 3.63) is 29.8 Å². The molecule has 1 rings (SSSR count). The van der Waals surface area contributed by atoms with Gasteiger partial charge in [0.05, 0.1) is 13.2 Å². The highest BCUT2D eigenvalue weighted by atomic mass is 16.6. The lowest BCUT2D eigenvalue weighted by Crippen LogP contribution is -2.37. The molecule has 5 nitrogen and oxygen atoms in total. The zero-order valence-electron chi connectivity index (χ0n) is 12.2. The number of nitrogens with zero attached hydrogens (tertiary/aromatic N) is 1. The summed E-state index contributed by atoms with van der Waals surface area (Å²) in [6.45, 7) is 6.18. The molecule has 1 aromatic carbocycles. The zero-order valence-corrected chi connectivity index (χ0v) is 12.2. The summed E-state index contributed by atoms with van der Waals surface area (Å²) in [5, 5.41) is 0. The molecule has 0 unspecified atom stereocenters. The van der Waals surface area contributed by atoms with Crippen LogP contribution in [0.25, 0.3) is 0 Å². The van der Waals surface area contributed by atoms with Gasteiger partial charge in [0.1, 0.15) is 5.75 Å². The molecule has 0 fully saturated rings. The summed E-state index contributed by atoms with van der Waals surface area (Å²) in [5.41, 5.74) is 1.03. The molecule has 0 aromatic heterocycles. The number of hydrogen-bond acceptors (Lipinski definition) is 4. The van der Waals surface area contributed by atoms with Crippen molar-refractivity contribution in [2.24, 2.45) is 0 Å². The van der Waals surface area contributed by atoms with Crippen molar-refractivity contribution in [1.82, 2.24) is 4.90 Å². The SMILES string of the molecule is CCOC(=O)N(CCc1ccc(OCC)cc1)C(C)=O. The monoisotopic (exact) mass is 279 g/mol. The molecule has 0 heterocycles. The number of imide groups is 1. The van der Waals surface area contributed by atoms with Gasteiger partial charge in [0.15, 0.2) is 0 Å². The Labute approximate surface area is 119 Å². The minimum absolute atomic E-state index is 0.256. The van der Waals surface area contributed by atoms with Crippen LogP contribution in [0, 0.1) is 0 Å². The Morgan fingerprint density at radius 3 is 2.25 bits per heavy atom. The molecule has 0 aliphatic rings. The Hall–Kier alpha value is -2.04. The summed E-state index contributed by atoms with van der Waals surface area (Å²) in [4.78, 5) is 24.1. The quantitative estimate of drug-likeness (QED) is 0.803. The van der Waals surface area contributed by atoms with E-state index in [4.69, 9.17) is 9.47 Å². The van der Waals surface area contributed by atoms with E-state index < -0.39 is 6.09 Å². The van der Waals surface area contributed by atoms with Gasteiger partial charge in [0.2, 0.25) is 5.91 Å². The van der Waals surface area contributed by atoms with Crippen molar-refractivity contribution in [3.63, 3.8) is 0 Å². The van der Waals surface area contributed by atoms with E-state index in [1.54, 1.807) is 6.92 Å². The molecule has 0 saturated heterocycles. The van der Waals surface area contributed by atoms with Crippen molar-refractivity contribution >= 4 is 12.0 Å². The fraction of sp³-hybridized carbons (Fsp3) is 0.467. The van der Waals surface area contributed by atoms with Gasteiger partial charge in [-0.2, -0.15) is 0 Å². The van der Waals surface area contributed by atoms with Crippen LogP contribution in [-0.4, -0.2) is 36.7 Å². The van der Waals surface area contributed by atoms with E-state index in [0.717, 1.165) is 16.2 Å². The van der Waals surface area contributed by atoms with E-state index >= 15 is 0 Å². The van der Waals surface area contributed by atoms with E-state index in [1.165, 1.54) is 6.92 Å². The van der Waals surface area contributed by atoms with E-state index in [1.807, 2.05) is 31.2 Å². The lowest BCUT2D eigenvalue weighted by Gasteiger charge is -2.18. The molecular formula is C15H21NO4. The summed E-state index contributed by atoms with van der Waals surface area (Å²) in [7, 11) is 0. The van der Waals surface area contributed by atoms with Gasteiger partial charge in [-0.3, -0.25) is 4.79 Å². The second-order valence-corrected chi connectivity index (χ2v) is 4.20. The van der Waals surface area contributed by atoms with Gasteiger partial charge >= 0.3 is 6.09 Å². The number of hydrogen-bond donors (Lipinski definition) is 0. The highest BCUT2D eigenvalue weighted by molar-refractivity contribution is 5.90. The number of ether oxygens (including phenoxy) is 2. The second-order valence-electron chi connectivity index (χ2n) is 4.20. The first-order chi connectivity index (χ1) is 9.58. The fourth-order valence-electron chi connectivity index (χ4n) is 1.74. The van der Waals surface area contributed by atoms with E-state index in [0.29, 0.717) is 19.6 Å². The molecule has 20 heavy (non-hydrogen) atoms. The molecule has 2 amide bonds. The summed E-state index contributed by atoms with van der Waals surface area (Å²) < 4.78 is 10.2. The van der Waals surface area contributed by atoms with Gasteiger partial charge < -0.3 is 9.47 Å². The van der Waals surface area contributed by atoms with Gasteiger partial charge in [-0.1, -0.05) is 12.1 Å². The van der Waals surface area contributed by atoms with Crippen LogP contribution < -0.4 is 4.74 Å². The van der Waals surface area contributed by atoms with Crippen molar-refractivity contribution in [1.29, 1.82) is 0 Å². The zero-order chi connectivity index (χ0) is 15.0. The smallest absolute Gasteiger partial charge is 0.416 e. The molecule has 5 heteroatoms. The maximum atomic E-state index is 11.6. The second kappa shape index (κ2) is 8.19. The van der Waals surface area contributed by atoms with Gasteiger partial charge in [-0.15, -0.1) is 0 Å². The van der Waals surface area contributed by atoms with Gasteiger partial charge in [-0.25, -0.2) is 9.69 Å². The average molecular weight is 279 g/mol. The lowest BCUT2D eigenvalue weighted by molar-refractivity contribution is -0.127. The average Bonchev–Trinajstić information content (AvgIpc) is 2.41. The van der Waals surface area contributed by atoms with Crippen LogP contribution in [0.5, 0.6) is 5.75 Å². The van der Waals surface area contributed by atoms with Crippen molar-refractivity contribution in [2.45, 2.75) is 27.2 Å². The van der Waals surface area contributed by atoms with Gasteiger partial charge in [0, 0.05) is 13.5 Å². The van der Waals surface area contributed by atoms with Crippen LogP contribution in [0.1, 0.15) is 26.3 Å². The van der Waals surface area contributed by atoms with E-state index in [2.05, 4.69) is 0 Å². The predicted octanol–water partition coefficient (Wildman–Crippen LogP) is 2.63. The van der Waals surface area contributed by atoms with Gasteiger partial charge in [-0.05, 0) is 38.0 Å². The predicted molar refractivity (Wildman–Crippen MR) is 75.7 cm³/mol. The summed E-state index contributed by atoms with van der Waals surface area (Å²) in [6.07, 6.45) is -0.00363. The first-order valence-corrected chi connectivity index (χ1v) is 6.75. The minimum Gasteiger partial charge on any atom is -0.494 e. The molecule has 1 aromatic rings. The van der Waals surface area contributed by atoms with Gasteiger partial charge in [0.25, 0.3) is 0 Å². The summed E-state index contributed by atoms with van der Waals surface area (Å²) >= 11 is 0. The number of carbonyl (C=O) groups excluding carboxylic acids is 2. The molecule has 0 aliphatic heterocycles. The first kappa shape index (κ1) is 16.0. The Morgan fingerprint density at radius 1 is 1.10 bits per heavy atom. The number of amides is 2. The Morgan fingerprint density at radius 2 is 1.75 bits per heavy atom. The van der Waals surface area contributed by atoms with Crippen molar-refractivity contribution < 1.29 is 19.1 Å². The molecule has 0 N–H and O–H groups in total. The Bertz CT molecular complexity index is 442. The number of benzene rings is 1. The highest BCUT2D eigenvalue weighted by Crippen LogP contribution is 2.13. The number of carbonyl (C=O) groups is 2. The topological polar surface area (TPSA) is 55.8 Å². The molecule has 0 aliphatic carbocycles. The van der Waals surface area contributed by atoms with Crippen LogP contribution in [0.3, 0.4) is 0 Å². The summed E-state index contributed by atoms with van der Waals surface area (Å²) in [5.74, 6) is 0.499. The van der Waals surface area contributed by atoms with Crippen LogP contribution in [-0.2, 0) is 16.0 Å². The van der Waals surface area contributed by atoms with E-state index in [9.17, 15) is 9.59 Å². The van der Waals surface area contributed by atoms with Crippen LogP contribution >= 0.6 is 0 Å². The first-order valence-electron chi connectivity index (χ1n) is 6.75. The maximum absolute atomic E-state index is 11.6. The molecule has 0 bridgehead atoms. The number of rotatable bonds is 6. The lowest BCUT2D eigenvalue weighted by atomic mass is 10.1. The normalized spacial score (nSPS) is 9.95. The highest BCUT2D eigenvalue weighted by Gasteiger charge is 2.18. The molecular weight excluding hydrogens is 258 g/mol. The van der Waals surface area contributed by atoms with Crippen LogP contribution in [0.15, 0.2) is 24.3 Å². The maximum Gasteiger partial charge on any atom is 0.416 e. The Kier molecular flexibility index (Phi) is 6.56. The molecule has 110 valence electrons. The van der Waals surface area contributed by atoms with Crippen molar-refractivity contribution in [2.75, 3.05) is 19.8 Å². The fourth-order valence-corrected chi connectivity index (χ4v) is 1.74. The third kappa shape index (κ3) is 4.91. The molecule has 0 spiro atoms. The van der Waals surface area contributed by atoms with E-state index in [-0.39, 0.29) is 12.5 Å². The van der Waals surface area contributed by atoms with Crippen molar-refractivity contribution in [3.8, 4) is 5.75 Å². The van der Waals surface area contributed by atoms with Crippen LogP contribution in [0.4, 0.5) is 4.79 Å². The third-order valence-electron chi connectivity index (χ3n) is 2.73. The standard InChI is InChI=1S/C15H21NO4/c1-4-19-14-8-6-13(7-9-14)10-11-16(12(3)17)15(18)20-5-2/h6-9H,4-5,10-11H2,1-3H3. The largest absolute Gasteiger partial charge is 0.494 e. The third-order valence-corrected chi connectivity index (χ3v) is 2.73. The molecule has 0 radical (unpaired) electrons. The van der Waals surface area contributed by atoms with Crippen LogP contribution in [0.2, 0.25) is 0 Å².